The number of imidazole rings is 1. The number of nitrogens with zero attached hydrogens (tertiary/aromatic N) is 4. The molecule has 0 spiro atoms. The Morgan fingerprint density at radius 2 is 1.98 bits per heavy atom. The van der Waals surface area contributed by atoms with Crippen molar-refractivity contribution in [1.82, 2.24) is 35.4 Å². The van der Waals surface area contributed by atoms with Gasteiger partial charge in [0, 0.05) is 42.5 Å². The number of hydrogen-bond donors (Lipinski definition) is 3. The summed E-state index contributed by atoms with van der Waals surface area (Å²) in [6, 6.07) is 16.9. The number of amides is 1. The minimum atomic E-state index is -0.000820. The number of aromatic nitrogens is 5. The summed E-state index contributed by atoms with van der Waals surface area (Å²) in [5, 5.41) is 12.0. The SMILES string of the molecule is CCNCc1cncc(-c2ccc3[nH]nc(-c4ncc(C(=O)N5CCCCC5Cc5ccccc5)[nH]4)c3c2)c1C. The van der Waals surface area contributed by atoms with E-state index < -0.39 is 0 Å². The number of pyridine rings is 1. The number of fused-ring (bicyclic) bond motifs is 1. The van der Waals surface area contributed by atoms with Crippen molar-refractivity contribution in [3.05, 3.63) is 89.5 Å². The van der Waals surface area contributed by atoms with Gasteiger partial charge in [0.2, 0.25) is 0 Å². The largest absolute Gasteiger partial charge is 0.334 e. The summed E-state index contributed by atoms with van der Waals surface area (Å²) in [5.41, 5.74) is 7.92. The number of benzene rings is 2. The van der Waals surface area contributed by atoms with Crippen LogP contribution in [0.2, 0.25) is 0 Å². The first-order chi connectivity index (χ1) is 19.6. The number of piperidine rings is 1. The van der Waals surface area contributed by atoms with Crippen LogP contribution in [-0.4, -0.2) is 55.1 Å². The molecular weight excluding hydrogens is 498 g/mol. The van der Waals surface area contributed by atoms with Gasteiger partial charge < -0.3 is 15.2 Å². The first-order valence-corrected chi connectivity index (χ1v) is 14.2. The van der Waals surface area contributed by atoms with Gasteiger partial charge in [-0.25, -0.2) is 4.98 Å². The third-order valence-electron chi connectivity index (χ3n) is 7.99. The van der Waals surface area contributed by atoms with Crippen LogP contribution in [0.3, 0.4) is 0 Å². The molecule has 6 rings (SSSR count). The Bertz CT molecular complexity index is 1620. The molecule has 8 nitrogen and oxygen atoms in total. The maximum atomic E-state index is 13.6. The van der Waals surface area contributed by atoms with Crippen LogP contribution in [0.25, 0.3) is 33.5 Å². The Labute approximate surface area is 234 Å². The van der Waals surface area contributed by atoms with E-state index in [-0.39, 0.29) is 11.9 Å². The zero-order valence-electron chi connectivity index (χ0n) is 23.1. The van der Waals surface area contributed by atoms with Crippen molar-refractivity contribution in [2.75, 3.05) is 13.1 Å². The van der Waals surface area contributed by atoms with Crippen LogP contribution >= 0.6 is 0 Å². The molecule has 1 aliphatic heterocycles. The van der Waals surface area contributed by atoms with E-state index in [4.69, 9.17) is 0 Å². The number of nitrogens with one attached hydrogen (secondary N) is 3. The molecule has 1 saturated heterocycles. The second kappa shape index (κ2) is 11.4. The van der Waals surface area contributed by atoms with Gasteiger partial charge in [0.25, 0.3) is 5.91 Å². The van der Waals surface area contributed by atoms with Crippen molar-refractivity contribution in [1.29, 1.82) is 0 Å². The zero-order chi connectivity index (χ0) is 27.5. The Morgan fingerprint density at radius 1 is 1.10 bits per heavy atom. The summed E-state index contributed by atoms with van der Waals surface area (Å²) in [7, 11) is 0. The summed E-state index contributed by atoms with van der Waals surface area (Å²) in [6.45, 7) is 6.70. The van der Waals surface area contributed by atoms with E-state index >= 15 is 0 Å². The predicted molar refractivity (Wildman–Crippen MR) is 158 cm³/mol. The topological polar surface area (TPSA) is 103 Å². The van der Waals surface area contributed by atoms with E-state index in [9.17, 15) is 4.79 Å². The Kier molecular flexibility index (Phi) is 7.42. The number of rotatable bonds is 8. The highest BCUT2D eigenvalue weighted by Gasteiger charge is 2.29. The Morgan fingerprint density at radius 3 is 2.83 bits per heavy atom. The Balaban J connectivity index is 1.27. The first kappa shape index (κ1) is 26.0. The van der Waals surface area contributed by atoms with Crippen LogP contribution in [0.1, 0.15) is 53.4 Å². The van der Waals surface area contributed by atoms with E-state index in [0.717, 1.165) is 67.3 Å². The van der Waals surface area contributed by atoms with Crippen molar-refractivity contribution in [3.63, 3.8) is 0 Å². The molecule has 204 valence electrons. The Hall–Kier alpha value is -4.30. The molecule has 40 heavy (non-hydrogen) atoms. The third kappa shape index (κ3) is 5.14. The summed E-state index contributed by atoms with van der Waals surface area (Å²) in [6.07, 6.45) is 9.54. The fraction of sp³-hybridized carbons (Fsp3) is 0.312. The average molecular weight is 534 g/mol. The van der Waals surface area contributed by atoms with Crippen molar-refractivity contribution in [2.24, 2.45) is 0 Å². The molecule has 0 radical (unpaired) electrons. The maximum Gasteiger partial charge on any atom is 0.272 e. The lowest BCUT2D eigenvalue weighted by atomic mass is 9.95. The molecule has 5 aromatic rings. The summed E-state index contributed by atoms with van der Waals surface area (Å²) in [4.78, 5) is 28.0. The second-order valence-corrected chi connectivity index (χ2v) is 10.6. The molecule has 3 aromatic heterocycles. The van der Waals surface area contributed by atoms with Crippen LogP contribution in [-0.2, 0) is 13.0 Å². The molecule has 8 heteroatoms. The molecular formula is C32H35N7O. The van der Waals surface area contributed by atoms with Crippen molar-refractivity contribution < 1.29 is 4.79 Å². The summed E-state index contributed by atoms with van der Waals surface area (Å²) >= 11 is 0. The van der Waals surface area contributed by atoms with Crippen LogP contribution in [0.5, 0.6) is 0 Å². The quantitative estimate of drug-likeness (QED) is 0.239. The molecule has 1 aliphatic rings. The number of carbonyl (C=O) groups excluding carboxylic acids is 1. The maximum absolute atomic E-state index is 13.6. The lowest BCUT2D eigenvalue weighted by Crippen LogP contribution is -2.45. The summed E-state index contributed by atoms with van der Waals surface area (Å²) < 4.78 is 0. The standard InChI is InChI=1S/C32H35N7O/c1-3-33-17-24-18-34-19-27(21(24)2)23-12-13-28-26(16-23)30(38-37-28)31-35-20-29(36-31)32(40)39-14-8-7-11-25(39)15-22-9-5-4-6-10-22/h4-6,9-10,12-13,16,18-20,25,33H,3,7-8,11,14-15,17H2,1-2H3,(H,35,36)(H,37,38). The van der Waals surface area contributed by atoms with E-state index in [1.54, 1.807) is 6.20 Å². The number of hydrogen-bond acceptors (Lipinski definition) is 5. The number of likely N-dealkylation sites (tertiary alicyclic amines) is 1. The van der Waals surface area contributed by atoms with Gasteiger partial charge in [-0.05, 0) is 73.5 Å². The molecule has 0 saturated carbocycles. The zero-order valence-corrected chi connectivity index (χ0v) is 23.1. The van der Waals surface area contributed by atoms with Crippen LogP contribution in [0.4, 0.5) is 0 Å². The summed E-state index contributed by atoms with van der Waals surface area (Å²) in [5.74, 6) is 0.582. The van der Waals surface area contributed by atoms with E-state index in [1.807, 2.05) is 29.4 Å². The highest BCUT2D eigenvalue weighted by atomic mass is 16.2. The number of carbonyl (C=O) groups is 1. The van der Waals surface area contributed by atoms with Gasteiger partial charge in [0.05, 0.1) is 11.7 Å². The fourth-order valence-corrected chi connectivity index (χ4v) is 5.73. The highest BCUT2D eigenvalue weighted by molar-refractivity contribution is 5.96. The van der Waals surface area contributed by atoms with Gasteiger partial charge in [-0.1, -0.05) is 43.3 Å². The normalized spacial score (nSPS) is 15.6. The van der Waals surface area contributed by atoms with E-state index in [2.05, 4.69) is 80.7 Å². The molecule has 1 unspecified atom stereocenters. The van der Waals surface area contributed by atoms with Gasteiger partial charge in [-0.15, -0.1) is 0 Å². The van der Waals surface area contributed by atoms with Crippen molar-refractivity contribution >= 4 is 16.8 Å². The van der Waals surface area contributed by atoms with E-state index in [1.165, 1.54) is 16.7 Å². The molecule has 2 aromatic carbocycles. The molecule has 1 fully saturated rings. The predicted octanol–water partition coefficient (Wildman–Crippen LogP) is 5.67. The second-order valence-electron chi connectivity index (χ2n) is 10.6. The van der Waals surface area contributed by atoms with Gasteiger partial charge in [0.1, 0.15) is 11.4 Å². The smallest absolute Gasteiger partial charge is 0.272 e. The monoisotopic (exact) mass is 533 g/mol. The average Bonchev–Trinajstić information content (AvgIpc) is 3.64. The fourth-order valence-electron chi connectivity index (χ4n) is 5.73. The molecule has 1 atom stereocenters. The minimum absolute atomic E-state index is 0.000820. The molecule has 0 aliphatic carbocycles. The van der Waals surface area contributed by atoms with Gasteiger partial charge in [-0.2, -0.15) is 5.10 Å². The molecule has 3 N–H and O–H groups in total. The minimum Gasteiger partial charge on any atom is -0.334 e. The number of aromatic amines is 2. The van der Waals surface area contributed by atoms with Crippen molar-refractivity contribution in [3.8, 4) is 22.6 Å². The molecule has 4 heterocycles. The number of H-pyrrole nitrogens is 2. The lowest BCUT2D eigenvalue weighted by molar-refractivity contribution is 0.0608. The lowest BCUT2D eigenvalue weighted by Gasteiger charge is -2.35. The van der Waals surface area contributed by atoms with Crippen LogP contribution in [0.15, 0.2) is 67.1 Å². The van der Waals surface area contributed by atoms with Crippen LogP contribution in [0, 0.1) is 6.92 Å². The van der Waals surface area contributed by atoms with Crippen molar-refractivity contribution in [2.45, 2.75) is 52.1 Å². The van der Waals surface area contributed by atoms with Crippen LogP contribution < -0.4 is 5.32 Å². The van der Waals surface area contributed by atoms with E-state index in [0.29, 0.717) is 17.2 Å². The van der Waals surface area contributed by atoms with Gasteiger partial charge in [-0.3, -0.25) is 14.9 Å². The molecule has 1 amide bonds. The molecule has 0 bridgehead atoms. The highest BCUT2D eigenvalue weighted by Crippen LogP contribution is 2.32. The van der Waals surface area contributed by atoms with Gasteiger partial charge in [0.15, 0.2) is 5.82 Å². The van der Waals surface area contributed by atoms with Gasteiger partial charge >= 0.3 is 0 Å². The third-order valence-corrected chi connectivity index (χ3v) is 7.99. The first-order valence-electron chi connectivity index (χ1n) is 14.2.